The highest BCUT2D eigenvalue weighted by molar-refractivity contribution is 5.98. The standard InChI is InChI=1S/C28H31N3O6/c1-2-36-13-11-30-26(34)20-8-9-24-21(15-20)28(10-12-37-24)16-22(28)27(35)31-23-14-18(17-29)6-7-19(23)4-3-5-25(32)33/h6-9,14-15,22H,2-5,10-13,16H2,1H3,(H,30,34)(H,31,35)(H,32,33). The number of hydrogen-bond acceptors (Lipinski definition) is 6. The van der Waals surface area contributed by atoms with Gasteiger partial charge < -0.3 is 25.2 Å². The third kappa shape index (κ3) is 5.92. The second-order valence-electron chi connectivity index (χ2n) is 9.40. The topological polar surface area (TPSA) is 138 Å². The van der Waals surface area contributed by atoms with Crippen molar-refractivity contribution < 1.29 is 29.0 Å². The van der Waals surface area contributed by atoms with Crippen LogP contribution in [0.25, 0.3) is 0 Å². The van der Waals surface area contributed by atoms with Crippen LogP contribution in [0, 0.1) is 17.2 Å². The summed E-state index contributed by atoms with van der Waals surface area (Å²) < 4.78 is 11.1. The van der Waals surface area contributed by atoms with Gasteiger partial charge in [0.05, 0.1) is 24.8 Å². The fourth-order valence-electron chi connectivity index (χ4n) is 5.00. The highest BCUT2D eigenvalue weighted by atomic mass is 16.5. The molecule has 9 heteroatoms. The summed E-state index contributed by atoms with van der Waals surface area (Å²) in [6.07, 6.45) is 2.23. The number of anilines is 1. The van der Waals surface area contributed by atoms with Gasteiger partial charge in [0.15, 0.2) is 0 Å². The Hall–Kier alpha value is -3.90. The number of nitrogens with zero attached hydrogens (tertiary/aromatic N) is 1. The minimum Gasteiger partial charge on any atom is -0.493 e. The maximum atomic E-state index is 13.4. The minimum atomic E-state index is -0.875. The number of carboxylic acid groups (broad SMARTS) is 1. The van der Waals surface area contributed by atoms with E-state index >= 15 is 0 Å². The predicted octanol–water partition coefficient (Wildman–Crippen LogP) is 3.41. The van der Waals surface area contributed by atoms with Crippen LogP contribution >= 0.6 is 0 Å². The Morgan fingerprint density at radius 2 is 2.08 bits per heavy atom. The molecule has 2 atom stereocenters. The zero-order chi connectivity index (χ0) is 26.4. The monoisotopic (exact) mass is 505 g/mol. The van der Waals surface area contributed by atoms with Gasteiger partial charge in [0.2, 0.25) is 5.91 Å². The number of amides is 2. The summed E-state index contributed by atoms with van der Waals surface area (Å²) in [5.74, 6) is -0.852. The van der Waals surface area contributed by atoms with Crippen LogP contribution in [0.3, 0.4) is 0 Å². The molecule has 2 unspecified atom stereocenters. The van der Waals surface area contributed by atoms with E-state index in [1.807, 2.05) is 13.0 Å². The highest BCUT2D eigenvalue weighted by Gasteiger charge is 2.61. The summed E-state index contributed by atoms with van der Waals surface area (Å²) in [5.41, 5.74) is 2.71. The lowest BCUT2D eigenvalue weighted by Crippen LogP contribution is -2.29. The molecule has 1 saturated carbocycles. The first-order valence-corrected chi connectivity index (χ1v) is 12.6. The van der Waals surface area contributed by atoms with Crippen LogP contribution in [0.2, 0.25) is 0 Å². The van der Waals surface area contributed by atoms with Crippen molar-refractivity contribution in [2.45, 2.75) is 44.4 Å². The van der Waals surface area contributed by atoms with Crippen molar-refractivity contribution in [3.8, 4) is 11.8 Å². The average molecular weight is 506 g/mol. The van der Waals surface area contributed by atoms with Crippen LogP contribution in [-0.2, 0) is 26.2 Å². The first-order valence-electron chi connectivity index (χ1n) is 12.6. The van der Waals surface area contributed by atoms with Gasteiger partial charge in [-0.2, -0.15) is 5.26 Å². The van der Waals surface area contributed by atoms with E-state index in [2.05, 4.69) is 16.7 Å². The minimum absolute atomic E-state index is 0.0252. The molecule has 4 rings (SSSR count). The van der Waals surface area contributed by atoms with E-state index in [1.165, 1.54) is 0 Å². The smallest absolute Gasteiger partial charge is 0.303 e. The van der Waals surface area contributed by atoms with E-state index in [-0.39, 0.29) is 24.2 Å². The van der Waals surface area contributed by atoms with E-state index in [4.69, 9.17) is 14.6 Å². The van der Waals surface area contributed by atoms with Crippen molar-refractivity contribution in [1.82, 2.24) is 5.32 Å². The van der Waals surface area contributed by atoms with Crippen molar-refractivity contribution in [3.63, 3.8) is 0 Å². The molecule has 0 radical (unpaired) electrons. The lowest BCUT2D eigenvalue weighted by molar-refractivity contribution is -0.137. The van der Waals surface area contributed by atoms with Crippen LogP contribution in [0.4, 0.5) is 5.69 Å². The SMILES string of the molecule is CCOCCNC(=O)c1ccc2c(c1)C1(CCO2)CC1C(=O)Nc1cc(C#N)ccc1CCCC(=O)O. The van der Waals surface area contributed by atoms with Crippen molar-refractivity contribution in [2.75, 3.05) is 31.7 Å². The van der Waals surface area contributed by atoms with E-state index < -0.39 is 11.4 Å². The number of aryl methyl sites for hydroxylation is 1. The van der Waals surface area contributed by atoms with E-state index in [9.17, 15) is 19.6 Å². The Bertz CT molecular complexity index is 1240. The molecule has 2 aromatic rings. The van der Waals surface area contributed by atoms with Crippen LogP contribution in [0.5, 0.6) is 5.75 Å². The third-order valence-corrected chi connectivity index (χ3v) is 7.05. The second-order valence-corrected chi connectivity index (χ2v) is 9.40. The van der Waals surface area contributed by atoms with Gasteiger partial charge in [0.1, 0.15) is 5.75 Å². The van der Waals surface area contributed by atoms with Gasteiger partial charge in [-0.25, -0.2) is 0 Å². The number of carboxylic acids is 1. The average Bonchev–Trinajstić information content (AvgIpc) is 3.61. The number of aliphatic carboxylic acids is 1. The number of benzene rings is 2. The maximum Gasteiger partial charge on any atom is 0.303 e. The zero-order valence-electron chi connectivity index (χ0n) is 20.8. The molecule has 1 fully saturated rings. The Kier molecular flexibility index (Phi) is 8.09. The lowest BCUT2D eigenvalue weighted by Gasteiger charge is -2.27. The number of fused-ring (bicyclic) bond motifs is 2. The summed E-state index contributed by atoms with van der Waals surface area (Å²) in [4.78, 5) is 37.0. The Morgan fingerprint density at radius 3 is 2.84 bits per heavy atom. The van der Waals surface area contributed by atoms with Crippen molar-refractivity contribution >= 4 is 23.5 Å². The van der Waals surface area contributed by atoms with E-state index in [0.717, 1.165) is 11.1 Å². The maximum absolute atomic E-state index is 13.4. The number of nitriles is 1. The number of nitrogens with one attached hydrogen (secondary N) is 2. The quantitative estimate of drug-likeness (QED) is 0.398. The molecule has 3 N–H and O–H groups in total. The van der Waals surface area contributed by atoms with Gasteiger partial charge in [-0.15, -0.1) is 0 Å². The molecule has 194 valence electrons. The number of rotatable bonds is 11. The van der Waals surface area contributed by atoms with Gasteiger partial charge >= 0.3 is 5.97 Å². The van der Waals surface area contributed by atoms with Crippen molar-refractivity contribution in [1.29, 1.82) is 5.26 Å². The predicted molar refractivity (Wildman–Crippen MR) is 136 cm³/mol. The van der Waals surface area contributed by atoms with Crippen LogP contribution in [-0.4, -0.2) is 49.3 Å². The molecule has 0 bridgehead atoms. The lowest BCUT2D eigenvalue weighted by atomic mass is 9.86. The summed E-state index contributed by atoms with van der Waals surface area (Å²) in [6.45, 7) is 3.82. The highest BCUT2D eigenvalue weighted by Crippen LogP contribution is 2.61. The van der Waals surface area contributed by atoms with E-state index in [0.29, 0.717) is 74.6 Å². The van der Waals surface area contributed by atoms with Gasteiger partial charge in [-0.05, 0) is 68.5 Å². The van der Waals surface area contributed by atoms with Crippen molar-refractivity contribution in [3.05, 3.63) is 58.7 Å². The Labute approximate surface area is 215 Å². The molecule has 2 aromatic carbocycles. The fraction of sp³-hybridized carbons (Fsp3) is 0.429. The summed E-state index contributed by atoms with van der Waals surface area (Å²) in [7, 11) is 0. The van der Waals surface area contributed by atoms with E-state index in [1.54, 1.807) is 30.3 Å². The van der Waals surface area contributed by atoms with Crippen LogP contribution in [0.15, 0.2) is 36.4 Å². The summed E-state index contributed by atoms with van der Waals surface area (Å²) in [5, 5.41) is 24.1. The molecule has 0 saturated heterocycles. The number of carbonyl (C=O) groups is 3. The molecule has 2 aliphatic rings. The van der Waals surface area contributed by atoms with Crippen LogP contribution in [0.1, 0.15) is 59.7 Å². The molecule has 1 spiro atoms. The molecule has 2 amide bonds. The second kappa shape index (κ2) is 11.4. The first kappa shape index (κ1) is 26.2. The summed E-state index contributed by atoms with van der Waals surface area (Å²) >= 11 is 0. The molecule has 0 aromatic heterocycles. The normalized spacial score (nSPS) is 19.3. The molecule has 9 nitrogen and oxygen atoms in total. The van der Waals surface area contributed by atoms with Gasteiger partial charge in [-0.1, -0.05) is 6.07 Å². The zero-order valence-corrected chi connectivity index (χ0v) is 20.8. The van der Waals surface area contributed by atoms with Gasteiger partial charge in [-0.3, -0.25) is 14.4 Å². The molecule has 1 aliphatic heterocycles. The number of ether oxygens (including phenoxy) is 2. The van der Waals surface area contributed by atoms with Gasteiger partial charge in [0, 0.05) is 47.7 Å². The van der Waals surface area contributed by atoms with Crippen LogP contribution < -0.4 is 15.4 Å². The number of hydrogen-bond donors (Lipinski definition) is 3. The van der Waals surface area contributed by atoms with Gasteiger partial charge in [0.25, 0.3) is 5.91 Å². The molecule has 1 aliphatic carbocycles. The molecule has 37 heavy (non-hydrogen) atoms. The first-order chi connectivity index (χ1) is 17.9. The fourth-order valence-corrected chi connectivity index (χ4v) is 5.00. The third-order valence-electron chi connectivity index (χ3n) is 7.05. The molecular weight excluding hydrogens is 474 g/mol. The number of carbonyl (C=O) groups excluding carboxylic acids is 2. The Morgan fingerprint density at radius 1 is 1.24 bits per heavy atom. The van der Waals surface area contributed by atoms with Crippen molar-refractivity contribution in [2.24, 2.45) is 5.92 Å². The molecule has 1 heterocycles. The molecular formula is C28H31N3O6. The summed E-state index contributed by atoms with van der Waals surface area (Å²) in [6, 6.07) is 12.5. The largest absolute Gasteiger partial charge is 0.493 e. The Balaban J connectivity index is 1.50.